The SMILES string of the molecule is O=C(/C=C/c1cc(Br)ccc1F)c1ccc(-n2cccc2)cc1. The molecule has 0 unspecified atom stereocenters. The highest BCUT2D eigenvalue weighted by atomic mass is 79.9. The van der Waals surface area contributed by atoms with Gasteiger partial charge in [0.25, 0.3) is 0 Å². The monoisotopic (exact) mass is 369 g/mol. The Balaban J connectivity index is 1.78. The van der Waals surface area contributed by atoms with Crippen LogP contribution in [-0.4, -0.2) is 10.4 Å². The zero-order valence-electron chi connectivity index (χ0n) is 12.1. The summed E-state index contributed by atoms with van der Waals surface area (Å²) in [7, 11) is 0. The first-order valence-corrected chi connectivity index (χ1v) is 7.84. The molecular formula is C19H13BrFNO. The number of benzene rings is 2. The van der Waals surface area contributed by atoms with Gasteiger partial charge >= 0.3 is 0 Å². The number of carbonyl (C=O) groups excluding carboxylic acids is 1. The minimum Gasteiger partial charge on any atom is -0.324 e. The van der Waals surface area contributed by atoms with Gasteiger partial charge in [0, 0.05) is 33.7 Å². The zero-order valence-corrected chi connectivity index (χ0v) is 13.7. The molecule has 0 amide bonds. The van der Waals surface area contributed by atoms with E-state index in [0.29, 0.717) is 11.1 Å². The maximum Gasteiger partial charge on any atom is 0.185 e. The van der Waals surface area contributed by atoms with Crippen molar-refractivity contribution in [2.45, 2.75) is 0 Å². The van der Waals surface area contributed by atoms with Crippen LogP contribution in [-0.2, 0) is 0 Å². The van der Waals surface area contributed by atoms with Gasteiger partial charge in [-0.05, 0) is 66.7 Å². The Labute approximate surface area is 142 Å². The molecule has 0 aliphatic heterocycles. The van der Waals surface area contributed by atoms with Gasteiger partial charge in [0.1, 0.15) is 5.82 Å². The fourth-order valence-corrected chi connectivity index (χ4v) is 2.59. The maximum atomic E-state index is 13.6. The first-order valence-electron chi connectivity index (χ1n) is 7.04. The molecule has 2 aromatic carbocycles. The van der Waals surface area contributed by atoms with Crippen LogP contribution in [0.25, 0.3) is 11.8 Å². The second kappa shape index (κ2) is 6.75. The fraction of sp³-hybridized carbons (Fsp3) is 0. The molecule has 1 heterocycles. The highest BCUT2D eigenvalue weighted by Crippen LogP contribution is 2.17. The maximum absolute atomic E-state index is 13.6. The normalized spacial score (nSPS) is 11.0. The zero-order chi connectivity index (χ0) is 16.2. The molecule has 0 fully saturated rings. The number of hydrogen-bond acceptors (Lipinski definition) is 1. The molecule has 3 aromatic rings. The molecule has 0 bridgehead atoms. The number of nitrogens with zero attached hydrogens (tertiary/aromatic N) is 1. The van der Waals surface area contributed by atoms with Crippen LogP contribution in [0.1, 0.15) is 15.9 Å². The molecule has 0 saturated carbocycles. The molecule has 0 spiro atoms. The molecule has 0 atom stereocenters. The van der Waals surface area contributed by atoms with Crippen molar-refractivity contribution in [3.63, 3.8) is 0 Å². The Morgan fingerprint density at radius 3 is 2.43 bits per heavy atom. The average Bonchev–Trinajstić information content (AvgIpc) is 3.10. The van der Waals surface area contributed by atoms with Gasteiger partial charge in [-0.3, -0.25) is 4.79 Å². The highest BCUT2D eigenvalue weighted by molar-refractivity contribution is 9.10. The number of carbonyl (C=O) groups is 1. The Hall–Kier alpha value is -2.46. The van der Waals surface area contributed by atoms with E-state index >= 15 is 0 Å². The first kappa shape index (κ1) is 15.4. The molecule has 0 saturated heterocycles. The summed E-state index contributed by atoms with van der Waals surface area (Å²) in [6.45, 7) is 0. The van der Waals surface area contributed by atoms with E-state index in [1.54, 1.807) is 24.3 Å². The van der Waals surface area contributed by atoms with Crippen LogP contribution in [0.4, 0.5) is 4.39 Å². The molecule has 0 radical (unpaired) electrons. The van der Waals surface area contributed by atoms with E-state index in [9.17, 15) is 9.18 Å². The fourth-order valence-electron chi connectivity index (χ4n) is 2.21. The van der Waals surface area contributed by atoms with Crippen LogP contribution in [0.15, 0.2) is 77.5 Å². The second-order valence-corrected chi connectivity index (χ2v) is 5.92. The summed E-state index contributed by atoms with van der Waals surface area (Å²) >= 11 is 3.29. The van der Waals surface area contributed by atoms with E-state index in [1.807, 2.05) is 41.2 Å². The Bertz CT molecular complexity index is 852. The Morgan fingerprint density at radius 2 is 1.74 bits per heavy atom. The molecule has 2 nitrogen and oxygen atoms in total. The first-order chi connectivity index (χ1) is 11.1. The van der Waals surface area contributed by atoms with Gasteiger partial charge in [-0.15, -0.1) is 0 Å². The third-order valence-corrected chi connectivity index (χ3v) is 3.92. The predicted octanol–water partition coefficient (Wildman–Crippen LogP) is 5.28. The van der Waals surface area contributed by atoms with E-state index in [1.165, 1.54) is 18.2 Å². The summed E-state index contributed by atoms with van der Waals surface area (Å²) in [6, 6.07) is 15.8. The number of allylic oxidation sites excluding steroid dienone is 1. The van der Waals surface area contributed by atoms with E-state index < -0.39 is 0 Å². The van der Waals surface area contributed by atoms with Crippen LogP contribution in [0.3, 0.4) is 0 Å². The minimum atomic E-state index is -0.361. The van der Waals surface area contributed by atoms with E-state index in [4.69, 9.17) is 0 Å². The Kier molecular flexibility index (Phi) is 4.53. The van der Waals surface area contributed by atoms with Crippen LogP contribution >= 0.6 is 15.9 Å². The summed E-state index contributed by atoms with van der Waals surface area (Å²) in [4.78, 5) is 12.2. The van der Waals surface area contributed by atoms with Crippen molar-refractivity contribution in [3.8, 4) is 5.69 Å². The second-order valence-electron chi connectivity index (χ2n) is 5.00. The number of halogens is 2. The molecule has 0 aliphatic carbocycles. The quantitative estimate of drug-likeness (QED) is 0.453. The van der Waals surface area contributed by atoms with Crippen molar-refractivity contribution in [1.82, 2.24) is 4.57 Å². The summed E-state index contributed by atoms with van der Waals surface area (Å²) in [5.74, 6) is -0.524. The van der Waals surface area contributed by atoms with Gasteiger partial charge in [-0.25, -0.2) is 4.39 Å². The lowest BCUT2D eigenvalue weighted by atomic mass is 10.1. The third-order valence-electron chi connectivity index (χ3n) is 3.43. The van der Waals surface area contributed by atoms with E-state index in [2.05, 4.69) is 15.9 Å². The molecule has 23 heavy (non-hydrogen) atoms. The summed E-state index contributed by atoms with van der Waals surface area (Å²) in [5, 5.41) is 0. The van der Waals surface area contributed by atoms with Crippen LogP contribution in [0.2, 0.25) is 0 Å². The highest BCUT2D eigenvalue weighted by Gasteiger charge is 2.04. The van der Waals surface area contributed by atoms with Crippen molar-refractivity contribution in [1.29, 1.82) is 0 Å². The van der Waals surface area contributed by atoms with Gasteiger partial charge in [-0.1, -0.05) is 15.9 Å². The Morgan fingerprint density at radius 1 is 1.04 bits per heavy atom. The number of ketones is 1. The average molecular weight is 370 g/mol. The lowest BCUT2D eigenvalue weighted by molar-refractivity contribution is 0.104. The molecule has 114 valence electrons. The molecule has 0 aliphatic rings. The van der Waals surface area contributed by atoms with Gasteiger partial charge in [0.2, 0.25) is 0 Å². The lowest BCUT2D eigenvalue weighted by Crippen LogP contribution is -1.96. The number of hydrogen-bond donors (Lipinski definition) is 0. The summed E-state index contributed by atoms with van der Waals surface area (Å²) < 4.78 is 16.4. The summed E-state index contributed by atoms with van der Waals surface area (Å²) in [5.41, 5.74) is 1.91. The number of aromatic nitrogens is 1. The van der Waals surface area contributed by atoms with E-state index in [0.717, 1.165) is 10.2 Å². The molecule has 4 heteroatoms. The van der Waals surface area contributed by atoms with E-state index in [-0.39, 0.29) is 11.6 Å². The van der Waals surface area contributed by atoms with Crippen molar-refractivity contribution < 1.29 is 9.18 Å². The minimum absolute atomic E-state index is 0.163. The van der Waals surface area contributed by atoms with Gasteiger partial charge in [0.15, 0.2) is 5.78 Å². The molecular weight excluding hydrogens is 357 g/mol. The van der Waals surface area contributed by atoms with Gasteiger partial charge in [0.05, 0.1) is 0 Å². The topological polar surface area (TPSA) is 22.0 Å². The van der Waals surface area contributed by atoms with Crippen LogP contribution in [0, 0.1) is 5.82 Å². The van der Waals surface area contributed by atoms with Crippen LogP contribution < -0.4 is 0 Å². The molecule has 1 aromatic heterocycles. The summed E-state index contributed by atoms with van der Waals surface area (Å²) in [6.07, 6.45) is 6.75. The lowest BCUT2D eigenvalue weighted by Gasteiger charge is -2.03. The molecule has 0 N–H and O–H groups in total. The standard InChI is InChI=1S/C19H13BrFNO/c20-16-6-9-18(21)15(13-16)5-10-19(23)14-3-7-17(8-4-14)22-11-1-2-12-22/h1-13H/b10-5+. The van der Waals surface area contributed by atoms with Gasteiger partial charge in [-0.2, -0.15) is 0 Å². The number of rotatable bonds is 4. The van der Waals surface area contributed by atoms with Crippen molar-refractivity contribution in [3.05, 3.63) is 94.5 Å². The van der Waals surface area contributed by atoms with Crippen molar-refractivity contribution in [2.75, 3.05) is 0 Å². The molecule has 3 rings (SSSR count). The third kappa shape index (κ3) is 3.66. The van der Waals surface area contributed by atoms with Crippen molar-refractivity contribution in [2.24, 2.45) is 0 Å². The largest absolute Gasteiger partial charge is 0.324 e. The van der Waals surface area contributed by atoms with Crippen LogP contribution in [0.5, 0.6) is 0 Å². The van der Waals surface area contributed by atoms with Gasteiger partial charge < -0.3 is 4.57 Å². The smallest absolute Gasteiger partial charge is 0.185 e. The predicted molar refractivity (Wildman–Crippen MR) is 93.2 cm³/mol. The van der Waals surface area contributed by atoms with Crippen molar-refractivity contribution >= 4 is 27.8 Å².